The molecule has 1 rings (SSSR count). The Morgan fingerprint density at radius 3 is 2.40 bits per heavy atom. The van der Waals surface area contributed by atoms with Crippen molar-refractivity contribution < 1.29 is 5.41 Å². The first-order chi connectivity index (χ1) is 4.84. The summed E-state index contributed by atoms with van der Waals surface area (Å²) in [6.45, 7) is 2.06. The van der Waals surface area contributed by atoms with Crippen LogP contribution < -0.4 is 5.41 Å². The van der Waals surface area contributed by atoms with Crippen molar-refractivity contribution in [2.24, 2.45) is 0 Å². The van der Waals surface area contributed by atoms with Crippen LogP contribution in [0.15, 0.2) is 30.3 Å². The maximum atomic E-state index is 5.71. The molecule has 0 radical (unpaired) electrons. The van der Waals surface area contributed by atoms with Crippen molar-refractivity contribution in [3.8, 4) is 0 Å². The molecule has 0 aromatic heterocycles. The molecule has 0 aliphatic heterocycles. The van der Waals surface area contributed by atoms with Gasteiger partial charge in [0.15, 0.2) is 5.71 Å². The average Bonchev–Trinajstić information content (AvgIpc) is 2.05. The Kier molecular flexibility index (Phi) is 2.21. The van der Waals surface area contributed by atoms with E-state index in [4.69, 9.17) is 5.41 Å². The van der Waals surface area contributed by atoms with E-state index in [-0.39, 0.29) is 0 Å². The summed E-state index contributed by atoms with van der Waals surface area (Å²) in [5.41, 5.74) is 2.10. The predicted molar refractivity (Wildman–Crippen MR) is 42.8 cm³/mol. The molecule has 0 spiro atoms. The molecule has 1 aromatic rings. The van der Waals surface area contributed by atoms with Gasteiger partial charge < -0.3 is 0 Å². The van der Waals surface area contributed by atoms with E-state index in [1.165, 1.54) is 0 Å². The van der Waals surface area contributed by atoms with Crippen molar-refractivity contribution >= 4 is 5.71 Å². The molecule has 0 aliphatic carbocycles. The molecule has 0 heterocycles. The van der Waals surface area contributed by atoms with Crippen molar-refractivity contribution in [1.29, 1.82) is 0 Å². The van der Waals surface area contributed by atoms with Crippen LogP contribution in [0.4, 0.5) is 0 Å². The monoisotopic (exact) mass is 134 g/mol. The molecule has 0 atom stereocenters. The van der Waals surface area contributed by atoms with Crippen LogP contribution in [-0.2, 0) is 0 Å². The highest BCUT2D eigenvalue weighted by Crippen LogP contribution is 1.98. The molecule has 0 fully saturated rings. The van der Waals surface area contributed by atoms with Gasteiger partial charge in [-0.25, -0.2) is 0 Å². The Hall–Kier alpha value is -1.11. The minimum atomic E-state index is 0.921. The molecular weight excluding hydrogens is 122 g/mol. The summed E-state index contributed by atoms with van der Waals surface area (Å²) in [6, 6.07) is 10.0. The minimum Gasteiger partial charge on any atom is -0.257 e. The van der Waals surface area contributed by atoms with Crippen molar-refractivity contribution in [3.05, 3.63) is 35.9 Å². The zero-order valence-corrected chi connectivity index (χ0v) is 6.17. The standard InChI is InChI=1S/C9H11N/c1-2-9(10)8-6-4-3-5-7-8/h3-7,10H,2H2,1H3/p+1. The van der Waals surface area contributed by atoms with Gasteiger partial charge in [-0.05, 0) is 12.1 Å². The first-order valence-electron chi connectivity index (χ1n) is 3.51. The van der Waals surface area contributed by atoms with Gasteiger partial charge >= 0.3 is 0 Å². The zero-order chi connectivity index (χ0) is 7.40. The summed E-state index contributed by atoms with van der Waals surface area (Å²) >= 11 is 0. The topological polar surface area (TPSA) is 25.6 Å². The Morgan fingerprint density at radius 2 is 1.90 bits per heavy atom. The summed E-state index contributed by atoms with van der Waals surface area (Å²) in [4.78, 5) is 0. The Labute approximate surface area is 61.2 Å². The van der Waals surface area contributed by atoms with Gasteiger partial charge in [0.2, 0.25) is 0 Å². The van der Waals surface area contributed by atoms with E-state index in [1.54, 1.807) is 0 Å². The summed E-state index contributed by atoms with van der Waals surface area (Å²) in [7, 11) is 0. The number of hydrogen-bond donors (Lipinski definition) is 1. The molecule has 10 heavy (non-hydrogen) atoms. The predicted octanol–water partition coefficient (Wildman–Crippen LogP) is 0.645. The first kappa shape index (κ1) is 7.00. The molecule has 1 nitrogen and oxygen atoms in total. The van der Waals surface area contributed by atoms with Crippen LogP contribution in [0.5, 0.6) is 0 Å². The molecular formula is C9H12N+. The molecule has 0 saturated carbocycles. The molecule has 1 heteroatoms. The van der Waals surface area contributed by atoms with Crippen LogP contribution in [0.25, 0.3) is 0 Å². The van der Waals surface area contributed by atoms with Gasteiger partial charge in [0.1, 0.15) is 0 Å². The minimum absolute atomic E-state index is 0.921. The second-order valence-electron chi connectivity index (χ2n) is 2.24. The first-order valence-corrected chi connectivity index (χ1v) is 3.51. The van der Waals surface area contributed by atoms with Crippen LogP contribution in [0.2, 0.25) is 0 Å². The number of nitrogens with two attached hydrogens (primary N) is 1. The van der Waals surface area contributed by atoms with E-state index >= 15 is 0 Å². The quantitative estimate of drug-likeness (QED) is 0.574. The highest BCUT2D eigenvalue weighted by molar-refractivity contribution is 5.95. The fraction of sp³-hybridized carbons (Fsp3) is 0.222. The number of hydrogen-bond acceptors (Lipinski definition) is 0. The third kappa shape index (κ3) is 1.44. The van der Waals surface area contributed by atoms with E-state index in [0.717, 1.165) is 17.7 Å². The lowest BCUT2D eigenvalue weighted by molar-refractivity contribution is -0.114. The van der Waals surface area contributed by atoms with Gasteiger partial charge in [-0.3, -0.25) is 5.41 Å². The third-order valence-electron chi connectivity index (χ3n) is 1.53. The fourth-order valence-corrected chi connectivity index (χ4v) is 0.856. The molecule has 52 valence electrons. The Balaban J connectivity index is 2.85. The summed E-state index contributed by atoms with van der Waals surface area (Å²) in [6.07, 6.45) is 0.921. The second kappa shape index (κ2) is 3.16. The molecule has 2 N–H and O–H groups in total. The van der Waals surface area contributed by atoms with E-state index in [1.807, 2.05) is 30.3 Å². The molecule has 0 amide bonds. The van der Waals surface area contributed by atoms with E-state index in [2.05, 4.69) is 6.92 Å². The van der Waals surface area contributed by atoms with Crippen molar-refractivity contribution in [1.82, 2.24) is 0 Å². The third-order valence-corrected chi connectivity index (χ3v) is 1.53. The number of rotatable bonds is 2. The smallest absolute Gasteiger partial charge is 0.179 e. The summed E-state index contributed by atoms with van der Waals surface area (Å²) in [5, 5.41) is 5.71. The van der Waals surface area contributed by atoms with E-state index in [9.17, 15) is 0 Å². The Bertz CT molecular complexity index is 213. The largest absolute Gasteiger partial charge is 0.257 e. The maximum Gasteiger partial charge on any atom is 0.179 e. The van der Waals surface area contributed by atoms with Crippen LogP contribution in [0.3, 0.4) is 0 Å². The SMILES string of the molecule is CCC(=[NH2+])c1ccccc1. The van der Waals surface area contributed by atoms with Gasteiger partial charge in [-0.2, -0.15) is 0 Å². The van der Waals surface area contributed by atoms with E-state index < -0.39 is 0 Å². The lowest BCUT2D eigenvalue weighted by atomic mass is 10.1. The van der Waals surface area contributed by atoms with Crippen LogP contribution in [-0.4, -0.2) is 5.71 Å². The lowest BCUT2D eigenvalue weighted by Gasteiger charge is -1.92. The van der Waals surface area contributed by atoms with Gasteiger partial charge in [0.05, 0.1) is 0 Å². The molecule has 0 saturated heterocycles. The molecule has 1 aromatic carbocycles. The van der Waals surface area contributed by atoms with Gasteiger partial charge in [-0.1, -0.05) is 25.1 Å². The Morgan fingerprint density at radius 1 is 1.30 bits per heavy atom. The maximum absolute atomic E-state index is 5.71. The van der Waals surface area contributed by atoms with Crippen molar-refractivity contribution in [3.63, 3.8) is 0 Å². The highest BCUT2D eigenvalue weighted by Gasteiger charge is 2.00. The molecule has 0 bridgehead atoms. The van der Waals surface area contributed by atoms with Gasteiger partial charge in [0.25, 0.3) is 0 Å². The highest BCUT2D eigenvalue weighted by atomic mass is 14.4. The van der Waals surface area contributed by atoms with Crippen LogP contribution >= 0.6 is 0 Å². The van der Waals surface area contributed by atoms with Crippen LogP contribution in [0.1, 0.15) is 18.9 Å². The fourth-order valence-electron chi connectivity index (χ4n) is 0.856. The number of benzene rings is 1. The van der Waals surface area contributed by atoms with E-state index in [0.29, 0.717) is 0 Å². The average molecular weight is 134 g/mol. The van der Waals surface area contributed by atoms with Crippen molar-refractivity contribution in [2.45, 2.75) is 13.3 Å². The summed E-state index contributed by atoms with van der Waals surface area (Å²) < 4.78 is 0. The van der Waals surface area contributed by atoms with Gasteiger partial charge in [-0.15, -0.1) is 0 Å². The van der Waals surface area contributed by atoms with Crippen LogP contribution in [0, 0.1) is 0 Å². The zero-order valence-electron chi connectivity index (χ0n) is 6.17. The second-order valence-corrected chi connectivity index (χ2v) is 2.24. The molecule has 0 aliphatic rings. The summed E-state index contributed by atoms with van der Waals surface area (Å²) in [5.74, 6) is 0. The van der Waals surface area contributed by atoms with Crippen molar-refractivity contribution in [2.75, 3.05) is 0 Å². The lowest BCUT2D eigenvalue weighted by Crippen LogP contribution is -2.39. The molecule has 0 unspecified atom stereocenters. The van der Waals surface area contributed by atoms with Gasteiger partial charge in [0, 0.05) is 12.0 Å². The normalized spacial score (nSPS) is 9.30.